The van der Waals surface area contributed by atoms with E-state index >= 15 is 0 Å². The van der Waals surface area contributed by atoms with Crippen molar-refractivity contribution in [1.29, 1.82) is 0 Å². The molecule has 6 nitrogen and oxygen atoms in total. The van der Waals surface area contributed by atoms with Gasteiger partial charge in [-0.2, -0.15) is 10.1 Å². The summed E-state index contributed by atoms with van der Waals surface area (Å²) in [5.74, 6) is 1.70. The molecule has 3 rings (SSSR count). The molecular weight excluding hydrogens is 326 g/mol. The normalized spacial score (nSPS) is 10.3. The minimum atomic E-state index is 0.382. The van der Waals surface area contributed by atoms with Crippen molar-refractivity contribution in [1.82, 2.24) is 15.2 Å². The molecule has 0 aliphatic carbocycles. The lowest BCUT2D eigenvalue weighted by molar-refractivity contribution is 0.415. The topological polar surface area (TPSA) is 72.0 Å². The van der Waals surface area contributed by atoms with E-state index in [1.54, 1.807) is 13.3 Å². The van der Waals surface area contributed by atoms with Crippen molar-refractivity contribution in [2.45, 2.75) is 6.92 Å². The molecule has 0 saturated heterocycles. The molecule has 1 aromatic heterocycles. The van der Waals surface area contributed by atoms with Crippen molar-refractivity contribution in [3.05, 3.63) is 59.2 Å². The van der Waals surface area contributed by atoms with Crippen molar-refractivity contribution in [2.75, 3.05) is 17.7 Å². The van der Waals surface area contributed by atoms with E-state index in [0.29, 0.717) is 16.8 Å². The highest BCUT2D eigenvalue weighted by Crippen LogP contribution is 2.24. The molecule has 0 fully saturated rings. The molecule has 0 aliphatic heterocycles. The van der Waals surface area contributed by atoms with Gasteiger partial charge in [-0.25, -0.2) is 0 Å². The van der Waals surface area contributed by atoms with Crippen molar-refractivity contribution in [2.24, 2.45) is 0 Å². The first-order valence-corrected chi connectivity index (χ1v) is 7.66. The van der Waals surface area contributed by atoms with Crippen molar-refractivity contribution in [3.8, 4) is 5.75 Å². The molecule has 3 aromatic rings. The molecule has 0 amide bonds. The number of hydrogen-bond acceptors (Lipinski definition) is 6. The summed E-state index contributed by atoms with van der Waals surface area (Å²) in [7, 11) is 1.62. The van der Waals surface area contributed by atoms with Crippen molar-refractivity contribution in [3.63, 3.8) is 0 Å². The first-order chi connectivity index (χ1) is 11.6. The molecule has 0 bridgehead atoms. The van der Waals surface area contributed by atoms with Crippen LogP contribution in [0.5, 0.6) is 5.75 Å². The average Bonchev–Trinajstić information content (AvgIpc) is 2.59. The molecule has 0 saturated carbocycles. The second-order valence-electron chi connectivity index (χ2n) is 5.11. The molecule has 0 atom stereocenters. The Labute approximate surface area is 144 Å². The summed E-state index contributed by atoms with van der Waals surface area (Å²) in [5, 5.41) is 14.9. The Morgan fingerprint density at radius 1 is 1.08 bits per heavy atom. The lowest BCUT2D eigenvalue weighted by Crippen LogP contribution is -2.03. The Morgan fingerprint density at radius 3 is 2.79 bits per heavy atom. The number of ether oxygens (including phenoxy) is 1. The lowest BCUT2D eigenvalue weighted by atomic mass is 10.2. The van der Waals surface area contributed by atoms with E-state index in [4.69, 9.17) is 16.3 Å². The zero-order valence-electron chi connectivity index (χ0n) is 13.2. The van der Waals surface area contributed by atoms with Gasteiger partial charge in [-0.3, -0.25) is 0 Å². The summed E-state index contributed by atoms with van der Waals surface area (Å²) in [6, 6.07) is 13.1. The molecule has 0 spiro atoms. The smallest absolute Gasteiger partial charge is 0.249 e. The minimum Gasteiger partial charge on any atom is -0.497 e. The lowest BCUT2D eigenvalue weighted by Gasteiger charge is -2.10. The zero-order valence-corrected chi connectivity index (χ0v) is 14.0. The quantitative estimate of drug-likeness (QED) is 0.719. The van der Waals surface area contributed by atoms with Crippen LogP contribution in [0.1, 0.15) is 5.56 Å². The highest BCUT2D eigenvalue weighted by molar-refractivity contribution is 6.30. The van der Waals surface area contributed by atoms with Gasteiger partial charge in [0.15, 0.2) is 5.82 Å². The number of halogens is 1. The van der Waals surface area contributed by atoms with Crippen LogP contribution < -0.4 is 15.4 Å². The van der Waals surface area contributed by atoms with E-state index in [2.05, 4.69) is 25.8 Å². The number of benzene rings is 2. The number of nitrogens with one attached hydrogen (secondary N) is 2. The fourth-order valence-corrected chi connectivity index (χ4v) is 2.29. The van der Waals surface area contributed by atoms with Gasteiger partial charge in [-0.05, 0) is 36.8 Å². The predicted molar refractivity (Wildman–Crippen MR) is 95.6 cm³/mol. The largest absolute Gasteiger partial charge is 0.497 e. The van der Waals surface area contributed by atoms with Gasteiger partial charge < -0.3 is 15.4 Å². The predicted octanol–water partition coefficient (Wildman–Crippen LogP) is 4.33. The van der Waals surface area contributed by atoms with Crippen molar-refractivity contribution < 1.29 is 4.74 Å². The number of aryl methyl sites for hydroxylation is 1. The standard InChI is InChI=1S/C17H16ClN5O/c1-11-6-7-12(18)8-15(11)21-16-10-19-23-17(22-16)20-13-4-3-5-14(9-13)24-2/h3-10H,1-2H3,(H2,20,21,22,23). The second-order valence-corrected chi connectivity index (χ2v) is 5.54. The van der Waals surface area contributed by atoms with Crippen LogP contribution in [0, 0.1) is 6.92 Å². The maximum absolute atomic E-state index is 6.04. The number of anilines is 4. The van der Waals surface area contributed by atoms with Gasteiger partial charge in [0.2, 0.25) is 5.95 Å². The highest BCUT2D eigenvalue weighted by atomic mass is 35.5. The molecule has 0 aliphatic rings. The highest BCUT2D eigenvalue weighted by Gasteiger charge is 2.05. The number of methoxy groups -OCH3 is 1. The van der Waals surface area contributed by atoms with E-state index in [0.717, 1.165) is 22.7 Å². The monoisotopic (exact) mass is 341 g/mol. The second kappa shape index (κ2) is 7.14. The summed E-state index contributed by atoms with van der Waals surface area (Å²) in [6.45, 7) is 1.99. The van der Waals surface area contributed by atoms with Crippen molar-refractivity contribution >= 4 is 34.7 Å². The van der Waals surface area contributed by atoms with Crippen LogP contribution in [-0.2, 0) is 0 Å². The van der Waals surface area contributed by atoms with Gasteiger partial charge in [-0.15, -0.1) is 5.10 Å². The number of aromatic nitrogens is 3. The zero-order chi connectivity index (χ0) is 16.9. The maximum Gasteiger partial charge on any atom is 0.249 e. The van der Waals surface area contributed by atoms with E-state index in [1.165, 1.54) is 0 Å². The Balaban J connectivity index is 1.80. The third-order valence-corrected chi connectivity index (χ3v) is 3.58. The van der Waals surface area contributed by atoms with Gasteiger partial charge in [0, 0.05) is 22.5 Å². The van der Waals surface area contributed by atoms with Gasteiger partial charge in [0.25, 0.3) is 0 Å². The molecule has 2 aromatic carbocycles. The Kier molecular flexibility index (Phi) is 4.77. The molecule has 0 unspecified atom stereocenters. The Morgan fingerprint density at radius 2 is 1.96 bits per heavy atom. The SMILES string of the molecule is COc1cccc(Nc2nncc(Nc3cc(Cl)ccc3C)n2)c1. The third kappa shape index (κ3) is 3.91. The van der Waals surface area contributed by atoms with Crippen LogP contribution in [0.3, 0.4) is 0 Å². The summed E-state index contributed by atoms with van der Waals surface area (Å²) in [6.07, 6.45) is 1.55. The molecule has 1 heterocycles. The van der Waals surface area contributed by atoms with Gasteiger partial charge in [0.1, 0.15) is 5.75 Å². The van der Waals surface area contributed by atoms with E-state index in [1.807, 2.05) is 49.4 Å². The number of rotatable bonds is 5. The van der Waals surface area contributed by atoms with Crippen LogP contribution in [0.15, 0.2) is 48.7 Å². The molecular formula is C17H16ClN5O. The van der Waals surface area contributed by atoms with E-state index in [-0.39, 0.29) is 0 Å². The van der Waals surface area contributed by atoms with Crippen LogP contribution in [0.25, 0.3) is 0 Å². The average molecular weight is 342 g/mol. The molecule has 24 heavy (non-hydrogen) atoms. The van der Waals surface area contributed by atoms with Gasteiger partial charge in [-0.1, -0.05) is 23.7 Å². The summed E-state index contributed by atoms with van der Waals surface area (Å²) >= 11 is 6.04. The third-order valence-electron chi connectivity index (χ3n) is 3.35. The maximum atomic E-state index is 6.04. The van der Waals surface area contributed by atoms with Crippen LogP contribution in [-0.4, -0.2) is 22.3 Å². The van der Waals surface area contributed by atoms with E-state index < -0.39 is 0 Å². The molecule has 2 N–H and O–H groups in total. The first kappa shape index (κ1) is 16.0. The summed E-state index contributed by atoms with van der Waals surface area (Å²) in [5.41, 5.74) is 2.74. The van der Waals surface area contributed by atoms with Gasteiger partial charge >= 0.3 is 0 Å². The summed E-state index contributed by atoms with van der Waals surface area (Å²) < 4.78 is 5.20. The number of nitrogens with zero attached hydrogens (tertiary/aromatic N) is 3. The van der Waals surface area contributed by atoms with Gasteiger partial charge in [0.05, 0.1) is 13.3 Å². The van der Waals surface area contributed by atoms with Crippen LogP contribution in [0.2, 0.25) is 5.02 Å². The Bertz CT molecular complexity index is 856. The fraction of sp³-hybridized carbons (Fsp3) is 0.118. The Hall–Kier alpha value is -2.86. The first-order valence-electron chi connectivity index (χ1n) is 7.28. The van der Waals surface area contributed by atoms with E-state index in [9.17, 15) is 0 Å². The molecule has 122 valence electrons. The molecule has 0 radical (unpaired) electrons. The minimum absolute atomic E-state index is 0.382. The summed E-state index contributed by atoms with van der Waals surface area (Å²) in [4.78, 5) is 4.41. The van der Waals surface area contributed by atoms with Crippen LogP contribution >= 0.6 is 11.6 Å². The number of hydrogen-bond donors (Lipinski definition) is 2. The van der Waals surface area contributed by atoms with Crippen LogP contribution in [0.4, 0.5) is 23.1 Å². The fourth-order valence-electron chi connectivity index (χ4n) is 2.11. The molecule has 7 heteroatoms.